The summed E-state index contributed by atoms with van der Waals surface area (Å²) in [5, 5.41) is 15.4. The number of aryl methyl sites for hydroxylation is 2. The molecule has 0 unspecified atom stereocenters. The van der Waals surface area contributed by atoms with Crippen molar-refractivity contribution in [2.45, 2.75) is 51.5 Å². The summed E-state index contributed by atoms with van der Waals surface area (Å²) in [4.78, 5) is 11.2. The lowest BCUT2D eigenvalue weighted by atomic mass is 9.81. The maximum Gasteiger partial charge on any atom is 0.207 e. The zero-order chi connectivity index (χ0) is 15.6. The van der Waals surface area contributed by atoms with Crippen molar-refractivity contribution in [2.24, 2.45) is 0 Å². The van der Waals surface area contributed by atoms with Crippen molar-refractivity contribution in [1.82, 2.24) is 25.5 Å². The van der Waals surface area contributed by atoms with Gasteiger partial charge in [-0.1, -0.05) is 37.5 Å². The van der Waals surface area contributed by atoms with E-state index in [2.05, 4.69) is 46.8 Å². The van der Waals surface area contributed by atoms with Crippen molar-refractivity contribution in [3.63, 3.8) is 0 Å². The van der Waals surface area contributed by atoms with Crippen molar-refractivity contribution in [3.05, 3.63) is 35.2 Å². The fraction of sp³-hybridized carbons (Fsp3) is 0.500. The number of tetrazole rings is 1. The summed E-state index contributed by atoms with van der Waals surface area (Å²) >= 11 is 0. The number of nitrogens with one attached hydrogen (secondary N) is 1. The molecule has 0 atom stereocenters. The van der Waals surface area contributed by atoms with Gasteiger partial charge >= 0.3 is 0 Å². The first-order valence-corrected chi connectivity index (χ1v) is 7.75. The number of carbonyl (C=O) groups excluding carboxylic acids is 1. The average molecular weight is 299 g/mol. The highest BCUT2D eigenvalue weighted by Crippen LogP contribution is 2.36. The van der Waals surface area contributed by atoms with Crippen LogP contribution >= 0.6 is 0 Å². The Labute approximate surface area is 129 Å². The van der Waals surface area contributed by atoms with Crippen molar-refractivity contribution < 1.29 is 4.79 Å². The molecular formula is C16H21N5O. The van der Waals surface area contributed by atoms with Crippen molar-refractivity contribution in [1.29, 1.82) is 0 Å². The highest BCUT2D eigenvalue weighted by atomic mass is 16.1. The maximum absolute atomic E-state index is 11.2. The molecule has 0 saturated heterocycles. The third-order valence-corrected chi connectivity index (χ3v) is 4.59. The Morgan fingerprint density at radius 1 is 1.18 bits per heavy atom. The summed E-state index contributed by atoms with van der Waals surface area (Å²) in [5.41, 5.74) is 2.77. The Balaban J connectivity index is 2.13. The number of hydrogen-bond acceptors (Lipinski definition) is 4. The smallest absolute Gasteiger partial charge is 0.207 e. The molecule has 0 radical (unpaired) electrons. The summed E-state index contributed by atoms with van der Waals surface area (Å²) in [6.45, 7) is 4.10. The second-order valence-corrected chi connectivity index (χ2v) is 6.06. The van der Waals surface area contributed by atoms with Gasteiger partial charge in [-0.25, -0.2) is 0 Å². The van der Waals surface area contributed by atoms with Crippen LogP contribution in [0.3, 0.4) is 0 Å². The van der Waals surface area contributed by atoms with Gasteiger partial charge in [-0.05, 0) is 48.2 Å². The van der Waals surface area contributed by atoms with Gasteiger partial charge in [0.15, 0.2) is 5.82 Å². The maximum atomic E-state index is 11.2. The normalized spacial score (nSPS) is 17.2. The molecule has 3 rings (SSSR count). The fourth-order valence-corrected chi connectivity index (χ4v) is 3.48. The van der Waals surface area contributed by atoms with Gasteiger partial charge < -0.3 is 5.32 Å². The monoisotopic (exact) mass is 299 g/mol. The summed E-state index contributed by atoms with van der Waals surface area (Å²) < 4.78 is 1.80. The summed E-state index contributed by atoms with van der Waals surface area (Å²) in [5.74, 6) is 0.733. The number of hydrogen-bond donors (Lipinski definition) is 1. The van der Waals surface area contributed by atoms with Crippen LogP contribution in [-0.4, -0.2) is 26.6 Å². The predicted molar refractivity (Wildman–Crippen MR) is 82.6 cm³/mol. The highest BCUT2D eigenvalue weighted by Gasteiger charge is 2.39. The largest absolute Gasteiger partial charge is 0.346 e. The van der Waals surface area contributed by atoms with Crippen LogP contribution in [0.2, 0.25) is 0 Å². The second-order valence-electron chi connectivity index (χ2n) is 6.06. The first kappa shape index (κ1) is 14.7. The molecule has 1 amide bonds. The Bertz CT molecular complexity index is 653. The molecule has 1 saturated carbocycles. The SMILES string of the molecule is Cc1cccc(C)c1-n1nnnc1C1(NC=O)CCCCC1. The first-order chi connectivity index (χ1) is 10.7. The number of benzene rings is 1. The van der Waals surface area contributed by atoms with Crippen LogP contribution in [0.15, 0.2) is 18.2 Å². The van der Waals surface area contributed by atoms with E-state index in [-0.39, 0.29) is 0 Å². The van der Waals surface area contributed by atoms with Crippen molar-refractivity contribution >= 4 is 6.41 Å². The fourth-order valence-electron chi connectivity index (χ4n) is 3.48. The number of nitrogens with zero attached hydrogens (tertiary/aromatic N) is 4. The van der Waals surface area contributed by atoms with Gasteiger partial charge in [0.1, 0.15) is 5.54 Å². The van der Waals surface area contributed by atoms with Crippen LogP contribution in [0.25, 0.3) is 5.69 Å². The van der Waals surface area contributed by atoms with Gasteiger partial charge in [0.25, 0.3) is 0 Å². The van der Waals surface area contributed by atoms with Gasteiger partial charge in [-0.2, -0.15) is 4.68 Å². The van der Waals surface area contributed by atoms with E-state index in [1.807, 2.05) is 6.07 Å². The zero-order valence-corrected chi connectivity index (χ0v) is 13.0. The Hall–Kier alpha value is -2.24. The van der Waals surface area contributed by atoms with Crippen LogP contribution in [0.4, 0.5) is 0 Å². The van der Waals surface area contributed by atoms with Crippen molar-refractivity contribution in [3.8, 4) is 5.69 Å². The van der Waals surface area contributed by atoms with E-state index in [4.69, 9.17) is 0 Å². The quantitative estimate of drug-likeness (QED) is 0.878. The molecule has 116 valence electrons. The molecule has 6 nitrogen and oxygen atoms in total. The number of carbonyl (C=O) groups is 1. The minimum atomic E-state index is -0.460. The topological polar surface area (TPSA) is 72.7 Å². The lowest BCUT2D eigenvalue weighted by molar-refractivity contribution is -0.111. The number of amides is 1. The predicted octanol–water partition coefficient (Wildman–Crippen LogP) is 2.18. The van der Waals surface area contributed by atoms with Crippen LogP contribution in [0.5, 0.6) is 0 Å². The first-order valence-electron chi connectivity index (χ1n) is 7.75. The van der Waals surface area contributed by atoms with Crippen LogP contribution < -0.4 is 5.32 Å². The lowest BCUT2D eigenvalue weighted by Gasteiger charge is -2.35. The minimum Gasteiger partial charge on any atom is -0.346 e. The third kappa shape index (κ3) is 2.38. The molecule has 1 aromatic heterocycles. The minimum absolute atomic E-state index is 0.460. The molecule has 1 fully saturated rings. The molecule has 1 N–H and O–H groups in total. The molecular weight excluding hydrogens is 278 g/mol. The summed E-state index contributed by atoms with van der Waals surface area (Å²) in [6.07, 6.45) is 5.84. The summed E-state index contributed by atoms with van der Waals surface area (Å²) in [6, 6.07) is 6.13. The molecule has 1 aromatic carbocycles. The van der Waals surface area contributed by atoms with Gasteiger partial charge in [0, 0.05) is 0 Å². The molecule has 0 aliphatic heterocycles. The van der Waals surface area contributed by atoms with E-state index >= 15 is 0 Å². The van der Waals surface area contributed by atoms with Gasteiger partial charge in [-0.3, -0.25) is 4.79 Å². The molecule has 0 spiro atoms. The van der Waals surface area contributed by atoms with E-state index in [0.29, 0.717) is 0 Å². The summed E-state index contributed by atoms with van der Waals surface area (Å²) in [7, 11) is 0. The van der Waals surface area contributed by atoms with Crippen LogP contribution in [-0.2, 0) is 10.3 Å². The van der Waals surface area contributed by atoms with Crippen LogP contribution in [0.1, 0.15) is 49.1 Å². The zero-order valence-electron chi connectivity index (χ0n) is 13.0. The molecule has 22 heavy (non-hydrogen) atoms. The standard InChI is InChI=1S/C16H21N5O/c1-12-7-6-8-13(2)14(12)21-15(18-19-20-21)16(17-11-22)9-4-3-5-10-16/h6-8,11H,3-5,9-10H2,1-2H3,(H,17,22). The van der Waals surface area contributed by atoms with E-state index in [1.54, 1.807) is 4.68 Å². The molecule has 1 aliphatic rings. The van der Waals surface area contributed by atoms with Gasteiger partial charge in [-0.15, -0.1) is 5.10 Å². The molecule has 2 aromatic rings. The van der Waals surface area contributed by atoms with E-state index in [9.17, 15) is 4.79 Å². The van der Waals surface area contributed by atoms with Gasteiger partial charge in [0.05, 0.1) is 5.69 Å². The molecule has 1 aliphatic carbocycles. The molecule has 1 heterocycles. The van der Waals surface area contributed by atoms with E-state index in [1.165, 1.54) is 6.42 Å². The van der Waals surface area contributed by atoms with Crippen LogP contribution in [0, 0.1) is 13.8 Å². The number of aromatic nitrogens is 4. The lowest BCUT2D eigenvalue weighted by Crippen LogP contribution is -2.45. The van der Waals surface area contributed by atoms with Crippen molar-refractivity contribution in [2.75, 3.05) is 0 Å². The Kier molecular flexibility index (Phi) is 3.92. The van der Waals surface area contributed by atoms with Gasteiger partial charge in [0.2, 0.25) is 6.41 Å². The second kappa shape index (κ2) is 5.87. The molecule has 6 heteroatoms. The van der Waals surface area contributed by atoms with E-state index < -0.39 is 5.54 Å². The number of rotatable bonds is 4. The highest BCUT2D eigenvalue weighted by molar-refractivity contribution is 5.50. The third-order valence-electron chi connectivity index (χ3n) is 4.59. The average Bonchev–Trinajstić information content (AvgIpc) is 2.98. The molecule has 0 bridgehead atoms. The number of para-hydroxylation sites is 1. The Morgan fingerprint density at radius 2 is 1.86 bits per heavy atom. The van der Waals surface area contributed by atoms with E-state index in [0.717, 1.165) is 54.7 Å². The Morgan fingerprint density at radius 3 is 2.50 bits per heavy atom.